The summed E-state index contributed by atoms with van der Waals surface area (Å²) in [5.74, 6) is -0.709. The minimum Gasteiger partial charge on any atom is -0.333 e. The standard InChI is InChI=1S/C12H14BrFN2O/c1-8-7-15-4-5-16(8)12(17)10-3-2-9(13)6-11(10)14/h2-3,6,8,15H,4-5,7H2,1H3/t8-/m1/s1. The molecule has 1 aromatic carbocycles. The Hall–Kier alpha value is -0.940. The molecule has 0 aliphatic carbocycles. The van der Waals surface area contributed by atoms with Gasteiger partial charge in [-0.25, -0.2) is 4.39 Å². The van der Waals surface area contributed by atoms with Crippen LogP contribution in [-0.2, 0) is 0 Å². The van der Waals surface area contributed by atoms with E-state index < -0.39 is 5.82 Å². The molecule has 1 amide bonds. The van der Waals surface area contributed by atoms with Crippen molar-refractivity contribution in [2.24, 2.45) is 0 Å². The van der Waals surface area contributed by atoms with Crippen molar-refractivity contribution in [3.8, 4) is 0 Å². The SMILES string of the molecule is C[C@@H]1CNCCN1C(=O)c1ccc(Br)cc1F. The third-order valence-electron chi connectivity index (χ3n) is 2.92. The highest BCUT2D eigenvalue weighted by molar-refractivity contribution is 9.10. The van der Waals surface area contributed by atoms with Crippen LogP contribution in [0.3, 0.4) is 0 Å². The molecule has 17 heavy (non-hydrogen) atoms. The first-order valence-corrected chi connectivity index (χ1v) is 6.35. The summed E-state index contributed by atoms with van der Waals surface area (Å²) in [4.78, 5) is 13.9. The zero-order valence-electron chi connectivity index (χ0n) is 9.54. The average molecular weight is 301 g/mol. The summed E-state index contributed by atoms with van der Waals surface area (Å²) in [5.41, 5.74) is 0.141. The number of piperazine rings is 1. The van der Waals surface area contributed by atoms with Crippen molar-refractivity contribution < 1.29 is 9.18 Å². The van der Waals surface area contributed by atoms with Gasteiger partial charge in [0.25, 0.3) is 5.91 Å². The number of hydrogen-bond acceptors (Lipinski definition) is 2. The van der Waals surface area contributed by atoms with Crippen LogP contribution in [0.1, 0.15) is 17.3 Å². The predicted octanol–water partition coefficient (Wildman–Crippen LogP) is 2.02. The fraction of sp³-hybridized carbons (Fsp3) is 0.417. The first-order valence-electron chi connectivity index (χ1n) is 5.56. The van der Waals surface area contributed by atoms with E-state index in [1.54, 1.807) is 11.0 Å². The summed E-state index contributed by atoms with van der Waals surface area (Å²) >= 11 is 3.18. The quantitative estimate of drug-likeness (QED) is 0.861. The number of nitrogens with one attached hydrogen (secondary N) is 1. The van der Waals surface area contributed by atoms with Crippen molar-refractivity contribution in [1.29, 1.82) is 0 Å². The normalized spacial score (nSPS) is 20.4. The maximum atomic E-state index is 13.7. The molecule has 1 aliphatic rings. The van der Waals surface area contributed by atoms with Crippen LogP contribution in [0.5, 0.6) is 0 Å². The number of nitrogens with zero attached hydrogens (tertiary/aromatic N) is 1. The number of rotatable bonds is 1. The first-order chi connectivity index (χ1) is 8.09. The van der Waals surface area contributed by atoms with E-state index in [0.29, 0.717) is 11.0 Å². The van der Waals surface area contributed by atoms with Crippen LogP contribution in [0.15, 0.2) is 22.7 Å². The predicted molar refractivity (Wildman–Crippen MR) is 67.5 cm³/mol. The van der Waals surface area contributed by atoms with Crippen molar-refractivity contribution in [2.75, 3.05) is 19.6 Å². The van der Waals surface area contributed by atoms with Gasteiger partial charge in [0.05, 0.1) is 5.56 Å². The van der Waals surface area contributed by atoms with Crippen molar-refractivity contribution in [3.05, 3.63) is 34.1 Å². The summed E-state index contributed by atoms with van der Waals surface area (Å²) in [6.07, 6.45) is 0. The molecule has 0 aromatic heterocycles. The summed E-state index contributed by atoms with van der Waals surface area (Å²) in [6.45, 7) is 4.09. The van der Waals surface area contributed by atoms with Crippen LogP contribution in [0, 0.1) is 5.82 Å². The second-order valence-electron chi connectivity index (χ2n) is 4.18. The van der Waals surface area contributed by atoms with E-state index in [1.807, 2.05) is 6.92 Å². The van der Waals surface area contributed by atoms with E-state index in [4.69, 9.17) is 0 Å². The molecule has 0 bridgehead atoms. The maximum absolute atomic E-state index is 13.7. The summed E-state index contributed by atoms with van der Waals surface area (Å²) in [6, 6.07) is 4.62. The number of carbonyl (C=O) groups excluding carboxylic acids is 1. The highest BCUT2D eigenvalue weighted by Crippen LogP contribution is 2.18. The molecule has 1 aliphatic heterocycles. The fourth-order valence-electron chi connectivity index (χ4n) is 1.96. The Bertz CT molecular complexity index is 439. The fourth-order valence-corrected chi connectivity index (χ4v) is 2.29. The third kappa shape index (κ3) is 2.66. The van der Waals surface area contributed by atoms with Gasteiger partial charge in [-0.3, -0.25) is 4.79 Å². The van der Waals surface area contributed by atoms with Gasteiger partial charge in [0, 0.05) is 30.1 Å². The summed E-state index contributed by atoms with van der Waals surface area (Å²) < 4.78 is 14.3. The van der Waals surface area contributed by atoms with E-state index >= 15 is 0 Å². The van der Waals surface area contributed by atoms with Crippen LogP contribution in [0.25, 0.3) is 0 Å². The van der Waals surface area contributed by atoms with E-state index in [0.717, 1.165) is 13.1 Å². The highest BCUT2D eigenvalue weighted by Gasteiger charge is 2.25. The van der Waals surface area contributed by atoms with Crippen LogP contribution in [0.2, 0.25) is 0 Å². The Balaban J connectivity index is 2.24. The van der Waals surface area contributed by atoms with Crippen LogP contribution in [-0.4, -0.2) is 36.5 Å². The lowest BCUT2D eigenvalue weighted by molar-refractivity contribution is 0.0651. The Morgan fingerprint density at radius 2 is 2.35 bits per heavy atom. The van der Waals surface area contributed by atoms with Crippen LogP contribution >= 0.6 is 15.9 Å². The molecule has 1 fully saturated rings. The monoisotopic (exact) mass is 300 g/mol. The van der Waals surface area contributed by atoms with Gasteiger partial charge in [-0.1, -0.05) is 15.9 Å². The lowest BCUT2D eigenvalue weighted by Gasteiger charge is -2.34. The lowest BCUT2D eigenvalue weighted by atomic mass is 10.1. The van der Waals surface area contributed by atoms with Gasteiger partial charge in [0.15, 0.2) is 0 Å². The van der Waals surface area contributed by atoms with Gasteiger partial charge >= 0.3 is 0 Å². The van der Waals surface area contributed by atoms with Crippen molar-refractivity contribution in [3.63, 3.8) is 0 Å². The molecule has 0 spiro atoms. The second-order valence-corrected chi connectivity index (χ2v) is 5.09. The number of carbonyl (C=O) groups is 1. The Morgan fingerprint density at radius 3 is 3.00 bits per heavy atom. The minimum atomic E-state index is -0.477. The zero-order chi connectivity index (χ0) is 12.4. The van der Waals surface area contributed by atoms with Crippen molar-refractivity contribution in [1.82, 2.24) is 10.2 Å². The zero-order valence-corrected chi connectivity index (χ0v) is 11.1. The molecule has 0 saturated carbocycles. The van der Waals surface area contributed by atoms with Gasteiger partial charge in [-0.2, -0.15) is 0 Å². The molecule has 1 N–H and O–H groups in total. The van der Waals surface area contributed by atoms with Crippen LogP contribution in [0.4, 0.5) is 4.39 Å². The molecule has 92 valence electrons. The Labute approximate surface area is 108 Å². The molecule has 2 rings (SSSR count). The van der Waals surface area contributed by atoms with Gasteiger partial charge in [0.1, 0.15) is 5.82 Å². The van der Waals surface area contributed by atoms with E-state index in [1.165, 1.54) is 12.1 Å². The minimum absolute atomic E-state index is 0.0966. The van der Waals surface area contributed by atoms with Gasteiger partial charge in [0.2, 0.25) is 0 Å². The largest absolute Gasteiger partial charge is 0.333 e. The first kappa shape index (κ1) is 12.5. The van der Waals surface area contributed by atoms with E-state index in [9.17, 15) is 9.18 Å². The average Bonchev–Trinajstić information content (AvgIpc) is 2.29. The summed E-state index contributed by atoms with van der Waals surface area (Å²) in [7, 11) is 0. The number of halogens is 2. The highest BCUT2D eigenvalue weighted by atomic mass is 79.9. The topological polar surface area (TPSA) is 32.3 Å². The molecule has 1 aromatic rings. The summed E-state index contributed by atoms with van der Waals surface area (Å²) in [5, 5.41) is 3.20. The maximum Gasteiger partial charge on any atom is 0.257 e. The molecule has 1 atom stereocenters. The Morgan fingerprint density at radius 1 is 1.59 bits per heavy atom. The third-order valence-corrected chi connectivity index (χ3v) is 3.42. The molecule has 5 heteroatoms. The number of benzene rings is 1. The molecule has 0 unspecified atom stereocenters. The molecule has 1 heterocycles. The van der Waals surface area contributed by atoms with Gasteiger partial charge in [-0.05, 0) is 25.1 Å². The molecular formula is C12H14BrFN2O. The molecule has 1 saturated heterocycles. The smallest absolute Gasteiger partial charge is 0.257 e. The molecule has 3 nitrogen and oxygen atoms in total. The van der Waals surface area contributed by atoms with Crippen LogP contribution < -0.4 is 5.32 Å². The van der Waals surface area contributed by atoms with Crippen molar-refractivity contribution in [2.45, 2.75) is 13.0 Å². The lowest BCUT2D eigenvalue weighted by Crippen LogP contribution is -2.52. The number of amides is 1. The Kier molecular flexibility index (Phi) is 3.79. The van der Waals surface area contributed by atoms with E-state index in [-0.39, 0.29) is 17.5 Å². The van der Waals surface area contributed by atoms with Crippen molar-refractivity contribution >= 4 is 21.8 Å². The molecule has 0 radical (unpaired) electrons. The van der Waals surface area contributed by atoms with E-state index in [2.05, 4.69) is 21.2 Å². The second kappa shape index (κ2) is 5.14. The van der Waals surface area contributed by atoms with Gasteiger partial charge in [-0.15, -0.1) is 0 Å². The number of hydrogen-bond donors (Lipinski definition) is 1. The molecular weight excluding hydrogens is 287 g/mol. The van der Waals surface area contributed by atoms with Gasteiger partial charge < -0.3 is 10.2 Å².